The van der Waals surface area contributed by atoms with Crippen LogP contribution in [0, 0.1) is 0 Å². The normalized spacial score (nSPS) is 11.6. The van der Waals surface area contributed by atoms with Gasteiger partial charge in [0.2, 0.25) is 0 Å². The molecule has 0 aliphatic heterocycles. The molecule has 34 heavy (non-hydrogen) atoms. The van der Waals surface area contributed by atoms with Crippen LogP contribution in [0.15, 0.2) is 36.7 Å². The number of hydrogen-bond acceptors (Lipinski definition) is 3. The highest BCUT2D eigenvalue weighted by Crippen LogP contribution is 2.28. The fourth-order valence-corrected chi connectivity index (χ4v) is 4.10. The minimum Gasteiger partial charge on any atom is -0.433 e. The third-order valence-corrected chi connectivity index (χ3v) is 6.23. The van der Waals surface area contributed by atoms with Gasteiger partial charge in [0.25, 0.3) is 0 Å². The van der Waals surface area contributed by atoms with E-state index in [-0.39, 0.29) is 12.2 Å². The first kappa shape index (κ1) is 28.2. The molecule has 1 aromatic heterocycles. The molecule has 0 spiro atoms. The molecule has 0 aliphatic carbocycles. The van der Waals surface area contributed by atoms with Gasteiger partial charge in [-0.05, 0) is 49.1 Å². The van der Waals surface area contributed by atoms with Crippen LogP contribution in [0.1, 0.15) is 116 Å². The van der Waals surface area contributed by atoms with Gasteiger partial charge in [0.1, 0.15) is 5.75 Å². The molecule has 190 valence electrons. The summed E-state index contributed by atoms with van der Waals surface area (Å²) in [5, 5.41) is 0. The number of benzene rings is 1. The molecule has 0 unspecified atom stereocenters. The zero-order chi connectivity index (χ0) is 24.5. The molecule has 5 heteroatoms. The highest BCUT2D eigenvalue weighted by Gasteiger charge is 2.30. The van der Waals surface area contributed by atoms with Crippen LogP contribution in [0.5, 0.6) is 5.75 Å². The Bertz CT molecular complexity index is 763. The van der Waals surface area contributed by atoms with Crippen molar-refractivity contribution in [2.45, 2.75) is 123 Å². The average Bonchev–Trinajstić information content (AvgIpc) is 2.83. The van der Waals surface area contributed by atoms with Gasteiger partial charge in [-0.3, -0.25) is 0 Å². The molecule has 0 radical (unpaired) electrons. The highest BCUT2D eigenvalue weighted by molar-refractivity contribution is 5.55. The monoisotopic (exact) mass is 474 g/mol. The van der Waals surface area contributed by atoms with Crippen LogP contribution < -0.4 is 4.74 Å². The average molecular weight is 475 g/mol. The zero-order valence-electron chi connectivity index (χ0n) is 21.3. The molecule has 0 amide bonds. The zero-order valence-corrected chi connectivity index (χ0v) is 21.3. The molecule has 1 aromatic carbocycles. The first-order valence-corrected chi connectivity index (χ1v) is 13.5. The Labute approximate surface area is 205 Å². The summed E-state index contributed by atoms with van der Waals surface area (Å²) in [6.07, 6.45) is 17.7. The number of unbranched alkanes of at least 4 members (excludes halogenated alkanes) is 12. The summed E-state index contributed by atoms with van der Waals surface area (Å²) in [5.74, 6) is 0.773. The van der Waals surface area contributed by atoms with Gasteiger partial charge in [-0.1, -0.05) is 90.9 Å². The van der Waals surface area contributed by atoms with E-state index >= 15 is 0 Å². The van der Waals surface area contributed by atoms with E-state index < -0.39 is 6.11 Å². The maximum absolute atomic E-state index is 14.1. The molecule has 0 atom stereocenters. The summed E-state index contributed by atoms with van der Waals surface area (Å²) in [6, 6.07) is 6.62. The topological polar surface area (TPSA) is 35.0 Å². The third-order valence-electron chi connectivity index (χ3n) is 6.23. The van der Waals surface area contributed by atoms with E-state index in [1.165, 1.54) is 51.4 Å². The summed E-state index contributed by atoms with van der Waals surface area (Å²) in [5.41, 5.74) is 1.94. The highest BCUT2D eigenvalue weighted by atomic mass is 19.3. The standard InChI is InChI=1S/C29H44F2N2O/c1-3-5-7-9-10-11-12-13-15-17-25-23-32-28(33-24-25)26-18-20-27(21-19-26)34-29(30,31)22-16-14-8-6-4-2/h18-21,23-24H,3-17,22H2,1-2H3. The van der Waals surface area contributed by atoms with Crippen LogP contribution >= 0.6 is 0 Å². The predicted molar refractivity (Wildman–Crippen MR) is 137 cm³/mol. The smallest absolute Gasteiger partial charge is 0.397 e. The molecule has 1 heterocycles. The van der Waals surface area contributed by atoms with Crippen molar-refractivity contribution >= 4 is 0 Å². The van der Waals surface area contributed by atoms with Gasteiger partial charge < -0.3 is 4.74 Å². The second-order valence-corrected chi connectivity index (χ2v) is 9.42. The Kier molecular flexibility index (Phi) is 13.7. The predicted octanol–water partition coefficient (Wildman–Crippen LogP) is 9.55. The van der Waals surface area contributed by atoms with Crippen molar-refractivity contribution in [2.24, 2.45) is 0 Å². The van der Waals surface area contributed by atoms with Crippen molar-refractivity contribution in [3.8, 4) is 17.1 Å². The van der Waals surface area contributed by atoms with Crippen molar-refractivity contribution in [3.63, 3.8) is 0 Å². The van der Waals surface area contributed by atoms with E-state index in [0.717, 1.165) is 49.7 Å². The number of rotatable bonds is 19. The van der Waals surface area contributed by atoms with Gasteiger partial charge >= 0.3 is 6.11 Å². The van der Waals surface area contributed by atoms with Gasteiger partial charge in [-0.25, -0.2) is 9.97 Å². The maximum Gasteiger partial charge on any atom is 0.397 e. The summed E-state index contributed by atoms with van der Waals surface area (Å²) in [7, 11) is 0. The van der Waals surface area contributed by atoms with E-state index in [4.69, 9.17) is 4.74 Å². The lowest BCUT2D eigenvalue weighted by Gasteiger charge is -2.18. The van der Waals surface area contributed by atoms with Gasteiger partial charge in [0.05, 0.1) is 6.42 Å². The van der Waals surface area contributed by atoms with Crippen LogP contribution in [0.3, 0.4) is 0 Å². The number of halogens is 2. The van der Waals surface area contributed by atoms with E-state index in [1.54, 1.807) is 24.3 Å². The molecule has 0 saturated heterocycles. The molecule has 0 aliphatic rings. The van der Waals surface area contributed by atoms with Crippen LogP contribution in [0.2, 0.25) is 0 Å². The van der Waals surface area contributed by atoms with Crippen molar-refractivity contribution in [2.75, 3.05) is 0 Å². The van der Waals surface area contributed by atoms with Crippen LogP contribution in [-0.2, 0) is 6.42 Å². The van der Waals surface area contributed by atoms with Crippen molar-refractivity contribution < 1.29 is 13.5 Å². The SMILES string of the molecule is CCCCCCCCCCCc1cnc(-c2ccc(OC(F)(F)CCCCCCC)cc2)nc1. The number of hydrogen-bond donors (Lipinski definition) is 0. The Morgan fingerprint density at radius 1 is 0.676 bits per heavy atom. The van der Waals surface area contributed by atoms with E-state index in [9.17, 15) is 8.78 Å². The molecule has 0 bridgehead atoms. The Balaban J connectivity index is 1.70. The van der Waals surface area contributed by atoms with Crippen molar-refractivity contribution in [3.05, 3.63) is 42.2 Å². The number of aromatic nitrogens is 2. The van der Waals surface area contributed by atoms with E-state index in [0.29, 0.717) is 12.2 Å². The molecule has 0 fully saturated rings. The molecule has 2 rings (SSSR count). The van der Waals surface area contributed by atoms with E-state index in [1.807, 2.05) is 12.4 Å². The minimum atomic E-state index is -3.14. The largest absolute Gasteiger partial charge is 0.433 e. The maximum atomic E-state index is 14.1. The second kappa shape index (κ2) is 16.6. The Morgan fingerprint density at radius 2 is 1.18 bits per heavy atom. The van der Waals surface area contributed by atoms with Crippen LogP contribution in [-0.4, -0.2) is 16.1 Å². The lowest BCUT2D eigenvalue weighted by Crippen LogP contribution is -2.24. The van der Waals surface area contributed by atoms with Gasteiger partial charge in [0.15, 0.2) is 5.82 Å². The number of ether oxygens (including phenoxy) is 1. The number of alkyl halides is 2. The van der Waals surface area contributed by atoms with Crippen LogP contribution in [0.4, 0.5) is 8.78 Å². The van der Waals surface area contributed by atoms with E-state index in [2.05, 4.69) is 23.8 Å². The lowest BCUT2D eigenvalue weighted by atomic mass is 10.1. The Morgan fingerprint density at radius 3 is 1.74 bits per heavy atom. The molecule has 0 saturated carbocycles. The van der Waals surface area contributed by atoms with Crippen molar-refractivity contribution in [1.29, 1.82) is 0 Å². The van der Waals surface area contributed by atoms with Gasteiger partial charge in [-0.15, -0.1) is 0 Å². The molecule has 2 aromatic rings. The summed E-state index contributed by atoms with van der Waals surface area (Å²) >= 11 is 0. The fraction of sp³-hybridized carbons (Fsp3) is 0.655. The number of aryl methyl sites for hydroxylation is 1. The van der Waals surface area contributed by atoms with Crippen LogP contribution in [0.25, 0.3) is 11.4 Å². The molecule has 3 nitrogen and oxygen atoms in total. The Hall–Kier alpha value is -2.04. The lowest BCUT2D eigenvalue weighted by molar-refractivity contribution is -0.181. The third kappa shape index (κ3) is 11.9. The molecule has 0 N–H and O–H groups in total. The number of nitrogens with zero attached hydrogens (tertiary/aromatic N) is 2. The fourth-order valence-electron chi connectivity index (χ4n) is 4.10. The minimum absolute atomic E-state index is 0.171. The quantitative estimate of drug-likeness (QED) is 0.190. The summed E-state index contributed by atoms with van der Waals surface area (Å²) in [4.78, 5) is 8.95. The molecular weight excluding hydrogens is 430 g/mol. The second-order valence-electron chi connectivity index (χ2n) is 9.42. The molecular formula is C29H44F2N2O. The van der Waals surface area contributed by atoms with Crippen molar-refractivity contribution in [1.82, 2.24) is 9.97 Å². The summed E-state index contributed by atoms with van der Waals surface area (Å²) in [6.45, 7) is 4.36. The van der Waals surface area contributed by atoms with Gasteiger partial charge in [0, 0.05) is 18.0 Å². The first-order chi connectivity index (χ1) is 16.5. The summed E-state index contributed by atoms with van der Waals surface area (Å²) < 4.78 is 33.1. The van der Waals surface area contributed by atoms with Gasteiger partial charge in [-0.2, -0.15) is 8.78 Å². The first-order valence-electron chi connectivity index (χ1n) is 13.5.